The number of imidazole rings is 1. The lowest BCUT2D eigenvalue weighted by atomic mass is 10.1. The van der Waals surface area contributed by atoms with E-state index in [4.69, 9.17) is 4.74 Å². The molecule has 0 bridgehead atoms. The smallest absolute Gasteiger partial charge is 0.338 e. The number of pyridine rings is 1. The van der Waals surface area contributed by atoms with Crippen LogP contribution in [0.3, 0.4) is 0 Å². The quantitative estimate of drug-likeness (QED) is 0.553. The van der Waals surface area contributed by atoms with E-state index in [0.29, 0.717) is 24.3 Å². The molecular weight excluding hydrogens is 390 g/mol. The predicted molar refractivity (Wildman–Crippen MR) is 110 cm³/mol. The van der Waals surface area contributed by atoms with Crippen molar-refractivity contribution in [1.29, 1.82) is 0 Å². The van der Waals surface area contributed by atoms with Gasteiger partial charge < -0.3 is 9.14 Å². The Bertz CT molecular complexity index is 1150. The Labute approximate surface area is 171 Å². The van der Waals surface area contributed by atoms with E-state index in [1.54, 1.807) is 39.1 Å². The normalized spacial score (nSPS) is 11.9. The Hall–Kier alpha value is -2.71. The molecule has 0 fully saturated rings. The molecule has 3 rings (SSSR count). The van der Waals surface area contributed by atoms with Crippen LogP contribution in [-0.4, -0.2) is 41.2 Å². The molecule has 0 atom stereocenters. The first-order chi connectivity index (χ1) is 13.8. The topological polar surface area (TPSA) is 81.0 Å². The highest BCUT2D eigenvalue weighted by Gasteiger charge is 2.25. The van der Waals surface area contributed by atoms with E-state index in [9.17, 15) is 13.2 Å². The molecule has 0 amide bonds. The first-order valence-electron chi connectivity index (χ1n) is 9.48. The summed E-state index contributed by atoms with van der Waals surface area (Å²) in [6, 6.07) is 8.44. The van der Waals surface area contributed by atoms with Gasteiger partial charge in [-0.15, -0.1) is 0 Å². The lowest BCUT2D eigenvalue weighted by molar-refractivity contribution is 0.0468. The molecule has 0 saturated heterocycles. The van der Waals surface area contributed by atoms with Gasteiger partial charge in [-0.3, -0.25) is 0 Å². The van der Waals surface area contributed by atoms with Crippen molar-refractivity contribution in [2.45, 2.75) is 39.2 Å². The lowest BCUT2D eigenvalue weighted by Gasteiger charge is -2.20. The van der Waals surface area contributed by atoms with Crippen LogP contribution in [0.1, 0.15) is 41.0 Å². The van der Waals surface area contributed by atoms with Gasteiger partial charge in [0.1, 0.15) is 12.3 Å². The number of hydrogen-bond acceptors (Lipinski definition) is 5. The molecule has 0 unspecified atom stereocenters. The van der Waals surface area contributed by atoms with E-state index in [-0.39, 0.29) is 17.1 Å². The van der Waals surface area contributed by atoms with Crippen molar-refractivity contribution >= 4 is 21.6 Å². The Morgan fingerprint density at radius 3 is 2.52 bits per heavy atom. The standard InChI is InChI=1S/C21H25N3O4S/c1-5-24(6-2)29(26,27)19-11-17(9-8-16(19)4)21(25)28-14-18-13-23-12-15(3)7-10-20(23)22-18/h7-13H,5-6,14H2,1-4H3. The summed E-state index contributed by atoms with van der Waals surface area (Å²) >= 11 is 0. The van der Waals surface area contributed by atoms with Gasteiger partial charge in [-0.1, -0.05) is 26.0 Å². The molecule has 0 spiro atoms. The Kier molecular flexibility index (Phi) is 6.04. The van der Waals surface area contributed by atoms with Crippen LogP contribution in [0.5, 0.6) is 0 Å². The second-order valence-corrected chi connectivity index (χ2v) is 8.76. The molecule has 29 heavy (non-hydrogen) atoms. The second kappa shape index (κ2) is 8.34. The summed E-state index contributed by atoms with van der Waals surface area (Å²) in [5.41, 5.74) is 3.27. The van der Waals surface area contributed by atoms with Crippen molar-refractivity contribution in [2.75, 3.05) is 13.1 Å². The van der Waals surface area contributed by atoms with E-state index in [1.807, 2.05) is 29.7 Å². The van der Waals surface area contributed by atoms with Gasteiger partial charge in [0.2, 0.25) is 10.0 Å². The molecule has 8 heteroatoms. The van der Waals surface area contributed by atoms with Gasteiger partial charge in [0.05, 0.1) is 16.2 Å². The van der Waals surface area contributed by atoms with Crippen molar-refractivity contribution in [2.24, 2.45) is 0 Å². The molecule has 0 aliphatic carbocycles. The highest BCUT2D eigenvalue weighted by molar-refractivity contribution is 7.89. The molecule has 2 aromatic heterocycles. The van der Waals surface area contributed by atoms with E-state index in [1.165, 1.54) is 10.4 Å². The maximum absolute atomic E-state index is 12.9. The summed E-state index contributed by atoms with van der Waals surface area (Å²) in [6.45, 7) is 7.99. The number of aromatic nitrogens is 2. The van der Waals surface area contributed by atoms with Gasteiger partial charge in [-0.05, 0) is 43.2 Å². The molecule has 0 N–H and O–H groups in total. The van der Waals surface area contributed by atoms with Gasteiger partial charge in [0.25, 0.3) is 0 Å². The second-order valence-electron chi connectivity index (χ2n) is 6.85. The van der Waals surface area contributed by atoms with Crippen molar-refractivity contribution in [3.05, 3.63) is 65.1 Å². The molecule has 0 saturated carbocycles. The van der Waals surface area contributed by atoms with Gasteiger partial charge in [0.15, 0.2) is 0 Å². The van der Waals surface area contributed by atoms with Gasteiger partial charge in [-0.25, -0.2) is 18.2 Å². The van der Waals surface area contributed by atoms with Gasteiger partial charge in [-0.2, -0.15) is 4.31 Å². The van der Waals surface area contributed by atoms with E-state index in [2.05, 4.69) is 4.98 Å². The van der Waals surface area contributed by atoms with Crippen LogP contribution in [0.2, 0.25) is 0 Å². The molecule has 3 aromatic rings. The van der Waals surface area contributed by atoms with Crippen molar-refractivity contribution < 1.29 is 17.9 Å². The van der Waals surface area contributed by atoms with E-state index < -0.39 is 16.0 Å². The number of sulfonamides is 1. The largest absolute Gasteiger partial charge is 0.456 e. The number of aryl methyl sites for hydroxylation is 2. The number of benzene rings is 1. The van der Waals surface area contributed by atoms with Crippen LogP contribution in [0.15, 0.2) is 47.6 Å². The third-order valence-corrected chi connectivity index (χ3v) is 6.94. The average Bonchev–Trinajstić information content (AvgIpc) is 3.09. The number of rotatable bonds is 7. The third kappa shape index (κ3) is 4.33. The number of fused-ring (bicyclic) bond motifs is 1. The summed E-state index contributed by atoms with van der Waals surface area (Å²) < 4.78 is 34.3. The lowest BCUT2D eigenvalue weighted by Crippen LogP contribution is -2.31. The number of carbonyl (C=O) groups is 1. The molecule has 0 aliphatic rings. The van der Waals surface area contributed by atoms with Crippen LogP contribution in [0, 0.1) is 13.8 Å². The SMILES string of the molecule is CCN(CC)S(=O)(=O)c1cc(C(=O)OCc2cn3cc(C)ccc3n2)ccc1C. The molecule has 0 aliphatic heterocycles. The number of ether oxygens (including phenoxy) is 1. The number of hydrogen-bond donors (Lipinski definition) is 0. The van der Waals surface area contributed by atoms with Crippen LogP contribution >= 0.6 is 0 Å². The van der Waals surface area contributed by atoms with Crippen molar-refractivity contribution in [1.82, 2.24) is 13.7 Å². The highest BCUT2D eigenvalue weighted by Crippen LogP contribution is 2.22. The average molecular weight is 416 g/mol. The van der Waals surface area contributed by atoms with E-state index >= 15 is 0 Å². The Morgan fingerprint density at radius 2 is 1.83 bits per heavy atom. The Balaban J connectivity index is 1.80. The molecule has 0 radical (unpaired) electrons. The zero-order valence-corrected chi connectivity index (χ0v) is 17.9. The van der Waals surface area contributed by atoms with Crippen LogP contribution in [0.4, 0.5) is 0 Å². The fourth-order valence-electron chi connectivity index (χ4n) is 3.16. The first kappa shape index (κ1) is 21.0. The summed E-state index contributed by atoms with van der Waals surface area (Å²) in [7, 11) is -3.67. The third-order valence-electron chi connectivity index (χ3n) is 4.75. The fraction of sp³-hybridized carbons (Fsp3) is 0.333. The maximum Gasteiger partial charge on any atom is 0.338 e. The molecule has 2 heterocycles. The summed E-state index contributed by atoms with van der Waals surface area (Å²) in [5, 5.41) is 0. The molecule has 7 nitrogen and oxygen atoms in total. The molecular formula is C21H25N3O4S. The van der Waals surface area contributed by atoms with Crippen LogP contribution in [-0.2, 0) is 21.4 Å². The number of carbonyl (C=O) groups excluding carboxylic acids is 1. The molecule has 154 valence electrons. The Morgan fingerprint density at radius 1 is 1.10 bits per heavy atom. The minimum atomic E-state index is -3.67. The van der Waals surface area contributed by atoms with Crippen LogP contribution < -0.4 is 0 Å². The predicted octanol–water partition coefficient (Wildman–Crippen LogP) is 3.34. The fourth-order valence-corrected chi connectivity index (χ4v) is 4.86. The zero-order valence-electron chi connectivity index (χ0n) is 17.0. The summed E-state index contributed by atoms with van der Waals surface area (Å²) in [5.74, 6) is -0.589. The van der Waals surface area contributed by atoms with Crippen LogP contribution in [0.25, 0.3) is 5.65 Å². The molecule has 1 aromatic carbocycles. The van der Waals surface area contributed by atoms with Gasteiger partial charge >= 0.3 is 5.97 Å². The first-order valence-corrected chi connectivity index (χ1v) is 10.9. The minimum absolute atomic E-state index is 0.00552. The number of nitrogens with zero attached hydrogens (tertiary/aromatic N) is 3. The van der Waals surface area contributed by atoms with Gasteiger partial charge in [0, 0.05) is 25.5 Å². The maximum atomic E-state index is 12.9. The monoisotopic (exact) mass is 415 g/mol. The zero-order chi connectivity index (χ0) is 21.2. The summed E-state index contributed by atoms with van der Waals surface area (Å²) in [4.78, 5) is 17.1. The van der Waals surface area contributed by atoms with Crippen molar-refractivity contribution in [3.8, 4) is 0 Å². The van der Waals surface area contributed by atoms with Crippen molar-refractivity contribution in [3.63, 3.8) is 0 Å². The minimum Gasteiger partial charge on any atom is -0.456 e. The summed E-state index contributed by atoms with van der Waals surface area (Å²) in [6.07, 6.45) is 3.75. The number of esters is 1. The van der Waals surface area contributed by atoms with E-state index in [0.717, 1.165) is 11.2 Å². The highest BCUT2D eigenvalue weighted by atomic mass is 32.2.